The summed E-state index contributed by atoms with van der Waals surface area (Å²) in [6.07, 6.45) is 0.833. The molecule has 0 aliphatic heterocycles. The molecule has 0 bridgehead atoms. The smallest absolute Gasteiger partial charge is 0.306 e. The average molecular weight is 271 g/mol. The normalized spacial score (nSPS) is 12.1. The number of rotatable bonds is 8. The highest BCUT2D eigenvalue weighted by Gasteiger charge is 2.12. The highest BCUT2D eigenvalue weighted by molar-refractivity contribution is 6.18. The van der Waals surface area contributed by atoms with E-state index < -0.39 is 0 Å². The summed E-state index contributed by atoms with van der Waals surface area (Å²) in [5, 5.41) is 0. The van der Waals surface area contributed by atoms with E-state index >= 15 is 0 Å². The Balaban J connectivity index is 2.25. The van der Waals surface area contributed by atoms with E-state index in [9.17, 15) is 4.79 Å². The molecule has 0 fully saturated rings. The molecule has 1 aromatic carbocycles. The van der Waals surface area contributed by atoms with Crippen LogP contribution in [0.25, 0.3) is 0 Å². The van der Waals surface area contributed by atoms with Crippen molar-refractivity contribution in [2.75, 3.05) is 12.5 Å². The molecule has 0 amide bonds. The van der Waals surface area contributed by atoms with Gasteiger partial charge in [-0.25, -0.2) is 0 Å². The Morgan fingerprint density at radius 3 is 2.67 bits per heavy atom. The largest absolute Gasteiger partial charge is 0.459 e. The highest BCUT2D eigenvalue weighted by Crippen LogP contribution is 2.05. The van der Waals surface area contributed by atoms with Crippen molar-refractivity contribution in [2.45, 2.75) is 32.5 Å². The molecule has 0 spiro atoms. The Hall–Kier alpha value is -1.06. The van der Waals surface area contributed by atoms with Gasteiger partial charge >= 0.3 is 5.97 Å². The van der Waals surface area contributed by atoms with Gasteiger partial charge in [-0.15, -0.1) is 11.6 Å². The molecule has 0 aliphatic carbocycles. The minimum Gasteiger partial charge on any atom is -0.459 e. The van der Waals surface area contributed by atoms with Crippen molar-refractivity contribution < 1.29 is 14.3 Å². The summed E-state index contributed by atoms with van der Waals surface area (Å²) in [4.78, 5) is 11.3. The predicted molar refractivity (Wildman–Crippen MR) is 71.6 cm³/mol. The van der Waals surface area contributed by atoms with E-state index in [0.717, 1.165) is 12.0 Å². The first-order chi connectivity index (χ1) is 8.76. The second-order valence-corrected chi connectivity index (χ2v) is 4.33. The fourth-order valence-corrected chi connectivity index (χ4v) is 1.59. The Bertz CT molecular complexity index is 340. The van der Waals surface area contributed by atoms with Gasteiger partial charge in [0.05, 0.1) is 19.1 Å². The molecule has 1 unspecified atom stereocenters. The van der Waals surface area contributed by atoms with Gasteiger partial charge in [-0.05, 0) is 12.0 Å². The van der Waals surface area contributed by atoms with Crippen LogP contribution in [0.2, 0.25) is 0 Å². The van der Waals surface area contributed by atoms with Crippen LogP contribution in [0.15, 0.2) is 30.3 Å². The molecule has 0 radical (unpaired) electrons. The molecule has 3 nitrogen and oxygen atoms in total. The summed E-state index contributed by atoms with van der Waals surface area (Å²) in [5.74, 6) is 0.0380. The molecule has 1 rings (SSSR count). The average Bonchev–Trinajstić information content (AvgIpc) is 2.39. The number of esters is 1. The summed E-state index contributed by atoms with van der Waals surface area (Å²) in [7, 11) is 0. The second kappa shape index (κ2) is 8.95. The Morgan fingerprint density at radius 1 is 1.33 bits per heavy atom. The van der Waals surface area contributed by atoms with Gasteiger partial charge in [0.25, 0.3) is 0 Å². The van der Waals surface area contributed by atoms with Gasteiger partial charge in [0.1, 0.15) is 6.10 Å². The SMILES string of the molecule is CCCC(=O)OC(CCl)COCc1ccccc1. The van der Waals surface area contributed by atoms with E-state index in [0.29, 0.717) is 19.6 Å². The lowest BCUT2D eigenvalue weighted by Gasteiger charge is -2.15. The Kier molecular flexibility index (Phi) is 7.46. The maximum absolute atomic E-state index is 11.3. The second-order valence-electron chi connectivity index (χ2n) is 4.02. The van der Waals surface area contributed by atoms with Crippen LogP contribution in [0.5, 0.6) is 0 Å². The van der Waals surface area contributed by atoms with Gasteiger partial charge in [-0.2, -0.15) is 0 Å². The first-order valence-corrected chi connectivity index (χ1v) is 6.66. The molecule has 0 saturated carbocycles. The van der Waals surface area contributed by atoms with E-state index in [1.165, 1.54) is 0 Å². The quantitative estimate of drug-likeness (QED) is 0.538. The van der Waals surface area contributed by atoms with Crippen molar-refractivity contribution in [1.82, 2.24) is 0 Å². The number of hydrogen-bond donors (Lipinski definition) is 0. The van der Waals surface area contributed by atoms with E-state index in [1.54, 1.807) is 0 Å². The number of alkyl halides is 1. The standard InChI is InChI=1S/C14H19ClO3/c1-2-6-14(16)18-13(9-15)11-17-10-12-7-4-3-5-8-12/h3-5,7-8,13H,2,6,9-11H2,1H3. The zero-order valence-electron chi connectivity index (χ0n) is 10.6. The number of ether oxygens (including phenoxy) is 2. The van der Waals surface area contributed by atoms with Crippen LogP contribution in [0.1, 0.15) is 25.3 Å². The molecule has 100 valence electrons. The van der Waals surface area contributed by atoms with Crippen molar-refractivity contribution >= 4 is 17.6 Å². The summed E-state index contributed by atoms with van der Waals surface area (Å²) >= 11 is 5.74. The van der Waals surface area contributed by atoms with Gasteiger partial charge in [-0.3, -0.25) is 4.79 Å². The summed E-state index contributed by atoms with van der Waals surface area (Å²) in [6.45, 7) is 2.76. The van der Waals surface area contributed by atoms with Gasteiger partial charge in [0.15, 0.2) is 0 Å². The maximum atomic E-state index is 11.3. The molecular formula is C14H19ClO3. The van der Waals surface area contributed by atoms with Gasteiger partial charge in [0.2, 0.25) is 0 Å². The molecule has 0 saturated heterocycles. The molecule has 0 N–H and O–H groups in total. The van der Waals surface area contributed by atoms with Crippen molar-refractivity contribution in [3.63, 3.8) is 0 Å². The van der Waals surface area contributed by atoms with Crippen molar-refractivity contribution in [1.29, 1.82) is 0 Å². The minimum atomic E-state index is -0.366. The maximum Gasteiger partial charge on any atom is 0.306 e. The molecule has 4 heteroatoms. The Labute approximate surface area is 113 Å². The van der Waals surface area contributed by atoms with E-state index in [1.807, 2.05) is 37.3 Å². The molecule has 18 heavy (non-hydrogen) atoms. The van der Waals surface area contributed by atoms with Crippen LogP contribution in [0, 0.1) is 0 Å². The highest BCUT2D eigenvalue weighted by atomic mass is 35.5. The molecule has 1 aromatic rings. The van der Waals surface area contributed by atoms with Gasteiger partial charge in [-0.1, -0.05) is 37.3 Å². The van der Waals surface area contributed by atoms with E-state index in [4.69, 9.17) is 21.1 Å². The summed E-state index contributed by atoms with van der Waals surface area (Å²) in [6, 6.07) is 9.84. The fraction of sp³-hybridized carbons (Fsp3) is 0.500. The minimum absolute atomic E-state index is 0.216. The van der Waals surface area contributed by atoms with Crippen molar-refractivity contribution in [2.24, 2.45) is 0 Å². The fourth-order valence-electron chi connectivity index (χ4n) is 1.44. The van der Waals surface area contributed by atoms with Crippen LogP contribution in [-0.4, -0.2) is 24.6 Å². The molecule has 0 aliphatic rings. The van der Waals surface area contributed by atoms with Gasteiger partial charge in [0, 0.05) is 6.42 Å². The third kappa shape index (κ3) is 6.03. The molecular weight excluding hydrogens is 252 g/mol. The lowest BCUT2D eigenvalue weighted by molar-refractivity contribution is -0.151. The third-order valence-corrected chi connectivity index (χ3v) is 2.68. The number of hydrogen-bond acceptors (Lipinski definition) is 3. The molecule has 0 aromatic heterocycles. The summed E-state index contributed by atoms with van der Waals surface area (Å²) < 4.78 is 10.7. The lowest BCUT2D eigenvalue weighted by Crippen LogP contribution is -2.25. The predicted octanol–water partition coefficient (Wildman–Crippen LogP) is 3.15. The van der Waals surface area contributed by atoms with Crippen molar-refractivity contribution in [3.8, 4) is 0 Å². The zero-order valence-corrected chi connectivity index (χ0v) is 11.4. The molecule has 0 heterocycles. The monoisotopic (exact) mass is 270 g/mol. The number of carbonyl (C=O) groups is 1. The first kappa shape index (κ1) is 15.0. The Morgan fingerprint density at radius 2 is 2.06 bits per heavy atom. The molecule has 1 atom stereocenters. The summed E-state index contributed by atoms with van der Waals surface area (Å²) in [5.41, 5.74) is 1.09. The van der Waals surface area contributed by atoms with E-state index in [-0.39, 0.29) is 18.0 Å². The van der Waals surface area contributed by atoms with Crippen LogP contribution >= 0.6 is 11.6 Å². The number of halogens is 1. The number of benzene rings is 1. The van der Waals surface area contributed by atoms with Crippen LogP contribution in [-0.2, 0) is 20.9 Å². The zero-order chi connectivity index (χ0) is 13.2. The topological polar surface area (TPSA) is 35.5 Å². The van der Waals surface area contributed by atoms with Crippen LogP contribution < -0.4 is 0 Å². The van der Waals surface area contributed by atoms with E-state index in [2.05, 4.69) is 0 Å². The van der Waals surface area contributed by atoms with Crippen LogP contribution in [0.3, 0.4) is 0 Å². The van der Waals surface area contributed by atoms with Gasteiger partial charge < -0.3 is 9.47 Å². The van der Waals surface area contributed by atoms with Crippen molar-refractivity contribution in [3.05, 3.63) is 35.9 Å². The van der Waals surface area contributed by atoms with Crippen LogP contribution in [0.4, 0.5) is 0 Å². The number of carbonyl (C=O) groups excluding carboxylic acids is 1. The lowest BCUT2D eigenvalue weighted by atomic mass is 10.2. The first-order valence-electron chi connectivity index (χ1n) is 6.13. The third-order valence-electron chi connectivity index (χ3n) is 2.34.